The van der Waals surface area contributed by atoms with Gasteiger partial charge in [0.05, 0.1) is 20.2 Å². The lowest BCUT2D eigenvalue weighted by atomic mass is 9.91. The van der Waals surface area contributed by atoms with E-state index < -0.39 is 0 Å². The summed E-state index contributed by atoms with van der Waals surface area (Å²) in [6, 6.07) is 7.65. The van der Waals surface area contributed by atoms with Gasteiger partial charge in [-0.1, -0.05) is 23.8 Å². The molecule has 23 heavy (non-hydrogen) atoms. The molecule has 5 nitrogen and oxygen atoms in total. The zero-order valence-electron chi connectivity index (χ0n) is 13.6. The van der Waals surface area contributed by atoms with E-state index in [9.17, 15) is 0 Å². The molecular formula is C18H23N3O2. The Kier molecular flexibility index (Phi) is 4.86. The van der Waals surface area contributed by atoms with E-state index in [1.54, 1.807) is 7.11 Å². The second kappa shape index (κ2) is 7.22. The third kappa shape index (κ3) is 3.86. The van der Waals surface area contributed by atoms with Gasteiger partial charge in [0.1, 0.15) is 6.61 Å². The Balaban J connectivity index is 1.46. The molecule has 0 spiro atoms. The van der Waals surface area contributed by atoms with Crippen LogP contribution in [0.3, 0.4) is 0 Å². The molecule has 0 bridgehead atoms. The molecule has 0 saturated carbocycles. The van der Waals surface area contributed by atoms with Crippen LogP contribution < -0.4 is 20.1 Å². The smallest absolute Gasteiger partial charge is 0.195 e. The van der Waals surface area contributed by atoms with Crippen LogP contribution in [0.2, 0.25) is 0 Å². The summed E-state index contributed by atoms with van der Waals surface area (Å²) in [5, 5.41) is 6.66. The summed E-state index contributed by atoms with van der Waals surface area (Å²) in [6.45, 7) is 4.22. The number of hydrogen-bond donors (Lipinski definition) is 2. The molecule has 0 saturated heterocycles. The van der Waals surface area contributed by atoms with Gasteiger partial charge in [-0.25, -0.2) is 0 Å². The zero-order chi connectivity index (χ0) is 16.1. The van der Waals surface area contributed by atoms with E-state index in [0.29, 0.717) is 19.1 Å². The van der Waals surface area contributed by atoms with Crippen molar-refractivity contribution >= 4 is 5.96 Å². The van der Waals surface area contributed by atoms with Crippen molar-refractivity contribution in [2.75, 3.05) is 26.8 Å². The topological polar surface area (TPSA) is 54.9 Å². The Bertz CT molecular complexity index is 649. The Hall–Kier alpha value is -2.43. The standard InChI is InChI=1S/C18H23N3O2/c1-13-7-8-15-14(11-13)12-20-18(21-15)19-9-10-23-17-6-4-3-5-16(17)22-2/h3-8,14H,9-12H2,1-2H3,(H2,19,20,21). The number of methoxy groups -OCH3 is 1. The number of benzene rings is 1. The molecule has 1 aromatic carbocycles. The van der Waals surface area contributed by atoms with Gasteiger partial charge in [-0.05, 0) is 31.6 Å². The molecule has 0 aromatic heterocycles. The maximum atomic E-state index is 5.75. The molecule has 122 valence electrons. The van der Waals surface area contributed by atoms with Crippen molar-refractivity contribution in [2.45, 2.75) is 13.3 Å². The van der Waals surface area contributed by atoms with Gasteiger partial charge in [-0.15, -0.1) is 0 Å². The van der Waals surface area contributed by atoms with E-state index in [1.165, 1.54) is 11.3 Å². The lowest BCUT2D eigenvalue weighted by Gasteiger charge is -2.29. The summed E-state index contributed by atoms with van der Waals surface area (Å²) in [6.07, 6.45) is 5.42. The minimum absolute atomic E-state index is 0.496. The summed E-state index contributed by atoms with van der Waals surface area (Å²) in [7, 11) is 1.64. The number of guanidine groups is 1. The Morgan fingerprint density at radius 1 is 1.26 bits per heavy atom. The minimum Gasteiger partial charge on any atom is -0.493 e. The van der Waals surface area contributed by atoms with E-state index in [4.69, 9.17) is 9.47 Å². The first-order chi connectivity index (χ1) is 11.3. The summed E-state index contributed by atoms with van der Waals surface area (Å²) in [5.74, 6) is 2.82. The van der Waals surface area contributed by atoms with E-state index in [2.05, 4.69) is 34.7 Å². The number of allylic oxidation sites excluding steroid dienone is 3. The first kappa shape index (κ1) is 15.5. The van der Waals surface area contributed by atoms with Gasteiger partial charge in [-0.2, -0.15) is 0 Å². The molecule has 1 heterocycles. The van der Waals surface area contributed by atoms with Gasteiger partial charge in [0, 0.05) is 11.6 Å². The maximum Gasteiger partial charge on any atom is 0.195 e. The van der Waals surface area contributed by atoms with Crippen LogP contribution in [0.25, 0.3) is 0 Å². The molecule has 0 amide bonds. The molecule has 0 radical (unpaired) electrons. The van der Waals surface area contributed by atoms with E-state index in [0.717, 1.165) is 30.4 Å². The number of ether oxygens (including phenoxy) is 2. The lowest BCUT2D eigenvalue weighted by molar-refractivity contribution is 0.298. The van der Waals surface area contributed by atoms with Crippen molar-refractivity contribution in [1.82, 2.24) is 10.6 Å². The fourth-order valence-corrected chi connectivity index (χ4v) is 2.79. The lowest BCUT2D eigenvalue weighted by Crippen LogP contribution is -2.44. The van der Waals surface area contributed by atoms with Crippen LogP contribution in [-0.4, -0.2) is 32.8 Å². The molecule has 2 N–H and O–H groups in total. The second-order valence-corrected chi connectivity index (χ2v) is 5.78. The molecule has 3 rings (SSSR count). The van der Waals surface area contributed by atoms with Gasteiger partial charge in [0.15, 0.2) is 17.5 Å². The van der Waals surface area contributed by atoms with Gasteiger partial charge in [-0.3, -0.25) is 4.99 Å². The maximum absolute atomic E-state index is 5.75. The van der Waals surface area contributed by atoms with Crippen molar-refractivity contribution in [2.24, 2.45) is 10.9 Å². The molecule has 1 aliphatic carbocycles. The van der Waals surface area contributed by atoms with Gasteiger partial charge >= 0.3 is 0 Å². The van der Waals surface area contributed by atoms with Crippen LogP contribution in [0.1, 0.15) is 13.3 Å². The number of para-hydroxylation sites is 2. The summed E-state index contributed by atoms with van der Waals surface area (Å²) >= 11 is 0. The number of rotatable bonds is 5. The third-order valence-corrected chi connectivity index (χ3v) is 4.01. The van der Waals surface area contributed by atoms with E-state index in [-0.39, 0.29) is 0 Å². The third-order valence-electron chi connectivity index (χ3n) is 4.01. The van der Waals surface area contributed by atoms with Crippen molar-refractivity contribution in [3.05, 3.63) is 47.7 Å². The molecule has 5 heteroatoms. The van der Waals surface area contributed by atoms with Crippen molar-refractivity contribution < 1.29 is 9.47 Å². The molecule has 1 aliphatic heterocycles. The zero-order valence-corrected chi connectivity index (χ0v) is 13.6. The highest BCUT2D eigenvalue weighted by molar-refractivity contribution is 5.82. The summed E-state index contributed by atoms with van der Waals surface area (Å²) < 4.78 is 11.0. The first-order valence-corrected chi connectivity index (χ1v) is 7.95. The van der Waals surface area contributed by atoms with Crippen LogP contribution in [0, 0.1) is 5.92 Å². The van der Waals surface area contributed by atoms with Gasteiger partial charge in [0.2, 0.25) is 0 Å². The fraction of sp³-hybridized carbons (Fsp3) is 0.389. The monoisotopic (exact) mass is 313 g/mol. The van der Waals surface area contributed by atoms with Crippen molar-refractivity contribution in [1.29, 1.82) is 0 Å². The van der Waals surface area contributed by atoms with Crippen molar-refractivity contribution in [3.63, 3.8) is 0 Å². The molecule has 1 unspecified atom stereocenters. The number of hydrogen-bond acceptors (Lipinski definition) is 5. The molecule has 2 aliphatic rings. The van der Waals surface area contributed by atoms with Crippen LogP contribution in [0.4, 0.5) is 0 Å². The van der Waals surface area contributed by atoms with Crippen molar-refractivity contribution in [3.8, 4) is 11.5 Å². The normalized spacial score (nSPS) is 19.6. The van der Waals surface area contributed by atoms with E-state index >= 15 is 0 Å². The number of nitrogens with one attached hydrogen (secondary N) is 2. The highest BCUT2D eigenvalue weighted by Crippen LogP contribution is 2.26. The fourth-order valence-electron chi connectivity index (χ4n) is 2.79. The largest absolute Gasteiger partial charge is 0.493 e. The first-order valence-electron chi connectivity index (χ1n) is 7.95. The number of nitrogens with zero attached hydrogens (tertiary/aromatic N) is 1. The highest BCUT2D eigenvalue weighted by Gasteiger charge is 2.22. The van der Waals surface area contributed by atoms with Crippen LogP contribution >= 0.6 is 0 Å². The summed E-state index contributed by atoms with van der Waals surface area (Å²) in [5.41, 5.74) is 2.66. The SMILES string of the molecule is COc1ccccc1OCCNC1=NCC2CC(C)=CC=C2N1. The van der Waals surface area contributed by atoms with Gasteiger partial charge in [0.25, 0.3) is 0 Å². The van der Waals surface area contributed by atoms with Crippen LogP contribution in [0.5, 0.6) is 11.5 Å². The Morgan fingerprint density at radius 2 is 2.09 bits per heavy atom. The molecular weight excluding hydrogens is 290 g/mol. The summed E-state index contributed by atoms with van der Waals surface area (Å²) in [4.78, 5) is 4.57. The number of aliphatic imine (C=N–C) groups is 1. The Labute approximate surface area is 137 Å². The highest BCUT2D eigenvalue weighted by atomic mass is 16.5. The molecule has 1 aromatic rings. The average molecular weight is 313 g/mol. The van der Waals surface area contributed by atoms with Gasteiger partial charge < -0.3 is 20.1 Å². The molecule has 0 fully saturated rings. The quantitative estimate of drug-likeness (QED) is 0.820. The van der Waals surface area contributed by atoms with E-state index in [1.807, 2.05) is 24.3 Å². The predicted molar refractivity (Wildman–Crippen MR) is 91.9 cm³/mol. The van der Waals surface area contributed by atoms with Crippen LogP contribution in [0.15, 0.2) is 52.7 Å². The number of fused-ring (bicyclic) bond motifs is 1. The van der Waals surface area contributed by atoms with Crippen LogP contribution in [-0.2, 0) is 0 Å². The minimum atomic E-state index is 0.496. The second-order valence-electron chi connectivity index (χ2n) is 5.78. The average Bonchev–Trinajstić information content (AvgIpc) is 2.59. The Morgan fingerprint density at radius 3 is 2.91 bits per heavy atom. The predicted octanol–water partition coefficient (Wildman–Crippen LogP) is 2.47. The molecule has 1 atom stereocenters.